The Morgan fingerprint density at radius 2 is 2.00 bits per heavy atom. The third kappa shape index (κ3) is 6.29. The molecule has 0 spiro atoms. The molecule has 1 aromatic rings. The number of hydrogen-bond donors (Lipinski definition) is 1. The summed E-state index contributed by atoms with van der Waals surface area (Å²) in [4.78, 5) is 26.7. The highest BCUT2D eigenvalue weighted by Crippen LogP contribution is 2.20. The molecule has 0 saturated carbocycles. The van der Waals surface area contributed by atoms with E-state index in [4.69, 9.17) is 4.74 Å². The van der Waals surface area contributed by atoms with E-state index in [2.05, 4.69) is 5.32 Å². The van der Waals surface area contributed by atoms with Gasteiger partial charge >= 0.3 is 5.97 Å². The van der Waals surface area contributed by atoms with Crippen molar-refractivity contribution in [3.63, 3.8) is 0 Å². The fraction of sp³-hybridized carbons (Fsp3) is 0.579. The Morgan fingerprint density at radius 3 is 2.62 bits per heavy atom. The molecule has 0 unspecified atom stereocenters. The topological polar surface area (TPSA) is 58.6 Å². The molecule has 2 atom stereocenters. The summed E-state index contributed by atoms with van der Waals surface area (Å²) in [5, 5.41) is 2.91. The molecule has 1 N–H and O–H groups in total. The first-order valence-corrected chi connectivity index (χ1v) is 9.90. The largest absolute Gasteiger partial charge is 0.459 e. The van der Waals surface area contributed by atoms with Gasteiger partial charge in [0.1, 0.15) is 17.5 Å². The highest BCUT2D eigenvalue weighted by atomic mass is 32.2. The van der Waals surface area contributed by atoms with Crippen molar-refractivity contribution < 1.29 is 18.7 Å². The molecule has 1 aromatic carbocycles. The van der Waals surface area contributed by atoms with E-state index in [0.29, 0.717) is 12.3 Å². The van der Waals surface area contributed by atoms with Crippen molar-refractivity contribution in [1.82, 2.24) is 10.2 Å². The lowest BCUT2D eigenvalue weighted by molar-refractivity contribution is -0.160. The van der Waals surface area contributed by atoms with E-state index in [9.17, 15) is 14.0 Å². The number of ether oxygens (including phenoxy) is 1. The van der Waals surface area contributed by atoms with Gasteiger partial charge in [0.15, 0.2) is 0 Å². The lowest BCUT2D eigenvalue weighted by Gasteiger charge is -2.35. The first-order valence-electron chi connectivity index (χ1n) is 8.75. The maximum Gasteiger partial charge on any atom is 0.324 e. The average Bonchev–Trinajstić information content (AvgIpc) is 2.54. The van der Waals surface area contributed by atoms with E-state index in [0.717, 1.165) is 11.3 Å². The van der Waals surface area contributed by atoms with E-state index in [1.807, 2.05) is 32.6 Å². The number of nitrogens with one attached hydrogen (secondary N) is 1. The van der Waals surface area contributed by atoms with Crippen molar-refractivity contribution in [3.05, 3.63) is 35.6 Å². The van der Waals surface area contributed by atoms with Gasteiger partial charge in [-0.25, -0.2) is 4.39 Å². The number of carbonyl (C=O) groups is 2. The smallest absolute Gasteiger partial charge is 0.324 e. The third-order valence-electron chi connectivity index (χ3n) is 4.01. The van der Waals surface area contributed by atoms with E-state index >= 15 is 0 Å². The van der Waals surface area contributed by atoms with Crippen molar-refractivity contribution in [2.75, 3.05) is 24.6 Å². The molecule has 1 heterocycles. The van der Waals surface area contributed by atoms with Crippen LogP contribution in [-0.4, -0.2) is 53.0 Å². The molecule has 0 radical (unpaired) electrons. The first-order chi connectivity index (χ1) is 12.2. The second-order valence-electron chi connectivity index (χ2n) is 7.44. The molecule has 0 bridgehead atoms. The number of thioether (sulfide) groups is 1. The molecular weight excluding hydrogens is 355 g/mol. The molecule has 26 heavy (non-hydrogen) atoms. The van der Waals surface area contributed by atoms with Crippen LogP contribution < -0.4 is 5.32 Å². The normalized spacial score (nSPS) is 19.7. The number of rotatable bonds is 5. The summed E-state index contributed by atoms with van der Waals surface area (Å²) >= 11 is 1.69. The van der Waals surface area contributed by atoms with Crippen LogP contribution in [0, 0.1) is 5.82 Å². The SMILES string of the molecule is C[C@@H](NC(=O)CN1CCSC[C@H]1C(=O)OC(C)(C)C)c1ccc(F)cc1. The number of nitrogens with zero attached hydrogens (tertiary/aromatic N) is 1. The van der Waals surface area contributed by atoms with E-state index < -0.39 is 11.6 Å². The minimum absolute atomic E-state index is 0.135. The van der Waals surface area contributed by atoms with Crippen LogP contribution in [0.25, 0.3) is 0 Å². The van der Waals surface area contributed by atoms with Crippen LogP contribution in [0.2, 0.25) is 0 Å². The summed E-state index contributed by atoms with van der Waals surface area (Å²) in [6.07, 6.45) is 0. The second-order valence-corrected chi connectivity index (χ2v) is 8.59. The van der Waals surface area contributed by atoms with Crippen LogP contribution in [0.5, 0.6) is 0 Å². The molecule has 1 amide bonds. The van der Waals surface area contributed by atoms with Gasteiger partial charge < -0.3 is 10.1 Å². The van der Waals surface area contributed by atoms with E-state index in [1.165, 1.54) is 12.1 Å². The van der Waals surface area contributed by atoms with Crippen molar-refractivity contribution in [2.45, 2.75) is 45.4 Å². The number of halogens is 1. The van der Waals surface area contributed by atoms with Crippen LogP contribution in [0.1, 0.15) is 39.3 Å². The molecule has 1 aliphatic heterocycles. The minimum Gasteiger partial charge on any atom is -0.459 e. The Balaban J connectivity index is 1.94. The quantitative estimate of drug-likeness (QED) is 0.794. The van der Waals surface area contributed by atoms with Crippen LogP contribution in [0.4, 0.5) is 4.39 Å². The minimum atomic E-state index is -0.551. The summed E-state index contributed by atoms with van der Waals surface area (Å²) in [6.45, 7) is 8.15. The molecular formula is C19H27FN2O3S. The second kappa shape index (κ2) is 8.86. The fourth-order valence-electron chi connectivity index (χ4n) is 2.72. The van der Waals surface area contributed by atoms with Crippen LogP contribution in [0.3, 0.4) is 0 Å². The van der Waals surface area contributed by atoms with Gasteiger partial charge in [0.25, 0.3) is 0 Å². The molecule has 2 rings (SSSR count). The Morgan fingerprint density at radius 1 is 1.35 bits per heavy atom. The predicted octanol–water partition coefficient (Wildman–Crippen LogP) is 2.76. The first kappa shape index (κ1) is 20.7. The highest BCUT2D eigenvalue weighted by Gasteiger charge is 2.33. The molecule has 1 aliphatic rings. The highest BCUT2D eigenvalue weighted by molar-refractivity contribution is 7.99. The van der Waals surface area contributed by atoms with Crippen LogP contribution >= 0.6 is 11.8 Å². The van der Waals surface area contributed by atoms with Gasteiger partial charge in [-0.1, -0.05) is 12.1 Å². The standard InChI is InChI=1S/C19H27FN2O3S/c1-13(14-5-7-15(20)8-6-14)21-17(23)11-22-9-10-26-12-16(22)18(24)25-19(2,3)4/h5-8,13,16H,9-12H2,1-4H3,(H,21,23)/t13-,16+/m1/s1. The number of esters is 1. The van der Waals surface area contributed by atoms with Crippen molar-refractivity contribution in [3.8, 4) is 0 Å². The predicted molar refractivity (Wildman–Crippen MR) is 101 cm³/mol. The van der Waals surface area contributed by atoms with Gasteiger partial charge in [0.2, 0.25) is 5.91 Å². The van der Waals surface area contributed by atoms with Gasteiger partial charge in [0.05, 0.1) is 12.6 Å². The number of benzene rings is 1. The van der Waals surface area contributed by atoms with Gasteiger partial charge in [0, 0.05) is 18.1 Å². The Kier molecular flexibility index (Phi) is 7.06. The van der Waals surface area contributed by atoms with Gasteiger partial charge in [-0.05, 0) is 45.4 Å². The summed E-state index contributed by atoms with van der Waals surface area (Å²) in [5.41, 5.74) is 0.280. The fourth-order valence-corrected chi connectivity index (χ4v) is 3.82. The lowest BCUT2D eigenvalue weighted by atomic mass is 10.1. The summed E-state index contributed by atoms with van der Waals surface area (Å²) < 4.78 is 18.5. The Hall–Kier alpha value is -1.60. The molecule has 5 nitrogen and oxygen atoms in total. The Bertz CT molecular complexity index is 631. The zero-order valence-corrected chi connectivity index (χ0v) is 16.6. The van der Waals surface area contributed by atoms with Crippen molar-refractivity contribution in [1.29, 1.82) is 0 Å². The summed E-state index contributed by atoms with van der Waals surface area (Å²) in [7, 11) is 0. The van der Waals surface area contributed by atoms with Gasteiger partial charge in [-0.2, -0.15) is 11.8 Å². The van der Waals surface area contributed by atoms with E-state index in [-0.39, 0.29) is 30.3 Å². The van der Waals surface area contributed by atoms with Gasteiger partial charge in [-0.3, -0.25) is 14.5 Å². The number of carbonyl (C=O) groups excluding carboxylic acids is 2. The molecule has 7 heteroatoms. The van der Waals surface area contributed by atoms with E-state index in [1.54, 1.807) is 23.9 Å². The summed E-state index contributed by atoms with van der Waals surface area (Å²) in [5.74, 6) is 0.736. The lowest BCUT2D eigenvalue weighted by Crippen LogP contribution is -2.52. The average molecular weight is 383 g/mol. The van der Waals surface area contributed by atoms with Gasteiger partial charge in [-0.15, -0.1) is 0 Å². The molecule has 144 valence electrons. The van der Waals surface area contributed by atoms with Crippen LogP contribution in [-0.2, 0) is 14.3 Å². The molecule has 0 aromatic heterocycles. The Labute approximate surface area is 158 Å². The number of hydrogen-bond acceptors (Lipinski definition) is 5. The zero-order chi connectivity index (χ0) is 19.3. The summed E-state index contributed by atoms with van der Waals surface area (Å²) in [6, 6.07) is 5.40. The van der Waals surface area contributed by atoms with Crippen LogP contribution in [0.15, 0.2) is 24.3 Å². The molecule has 0 aliphatic carbocycles. The maximum atomic E-state index is 13.0. The molecule has 1 saturated heterocycles. The van der Waals surface area contributed by atoms with Crippen molar-refractivity contribution in [2.24, 2.45) is 0 Å². The monoisotopic (exact) mass is 382 g/mol. The maximum absolute atomic E-state index is 13.0. The third-order valence-corrected chi connectivity index (χ3v) is 5.04. The molecule has 1 fully saturated rings. The number of amides is 1. The van der Waals surface area contributed by atoms with Crippen molar-refractivity contribution >= 4 is 23.6 Å². The zero-order valence-electron chi connectivity index (χ0n) is 15.8.